The van der Waals surface area contributed by atoms with Gasteiger partial charge in [0.2, 0.25) is 0 Å². The molecule has 0 aromatic heterocycles. The molecule has 0 amide bonds. The van der Waals surface area contributed by atoms with Crippen LogP contribution in [-0.4, -0.2) is 31.7 Å². The molecule has 2 unspecified atom stereocenters. The van der Waals surface area contributed by atoms with Crippen LogP contribution in [0.3, 0.4) is 0 Å². The van der Waals surface area contributed by atoms with Crippen LogP contribution in [0, 0.1) is 0 Å². The Morgan fingerprint density at radius 1 is 1.30 bits per heavy atom. The van der Waals surface area contributed by atoms with Gasteiger partial charge in [-0.25, -0.2) is 0 Å². The second-order valence-electron chi connectivity index (χ2n) is 5.00. The Balaban J connectivity index is 1.88. The summed E-state index contributed by atoms with van der Waals surface area (Å²) in [6.45, 7) is 0.0441. The number of methoxy groups -OCH3 is 1. The Hall–Kier alpha value is -0.610. The molecule has 1 aromatic rings. The lowest BCUT2D eigenvalue weighted by molar-refractivity contribution is -0.0243. The molecule has 0 N–H and O–H groups in total. The predicted molar refractivity (Wildman–Crippen MR) is 79.8 cm³/mol. The summed E-state index contributed by atoms with van der Waals surface area (Å²) in [4.78, 5) is 12.1. The number of rotatable bonds is 5. The quantitative estimate of drug-likeness (QED) is 0.765. The van der Waals surface area contributed by atoms with Crippen molar-refractivity contribution in [1.82, 2.24) is 0 Å². The van der Waals surface area contributed by atoms with E-state index >= 15 is 0 Å². The van der Waals surface area contributed by atoms with Crippen molar-refractivity contribution in [3.8, 4) is 0 Å². The van der Waals surface area contributed by atoms with Gasteiger partial charge in [0.15, 0.2) is 5.78 Å². The van der Waals surface area contributed by atoms with Crippen LogP contribution in [0.25, 0.3) is 0 Å². The molecular weight excluding hydrogens is 299 g/mol. The highest BCUT2D eigenvalue weighted by molar-refractivity contribution is 6.36. The van der Waals surface area contributed by atoms with Crippen molar-refractivity contribution in [2.75, 3.05) is 13.7 Å². The van der Waals surface area contributed by atoms with Gasteiger partial charge in [0.05, 0.1) is 17.2 Å². The number of benzene rings is 1. The smallest absolute Gasteiger partial charge is 0.189 e. The second-order valence-corrected chi connectivity index (χ2v) is 5.85. The predicted octanol–water partition coefficient (Wildman–Crippen LogP) is 4.15. The van der Waals surface area contributed by atoms with E-state index in [2.05, 4.69) is 0 Å². The maximum absolute atomic E-state index is 12.1. The number of ketones is 1. The van der Waals surface area contributed by atoms with Crippen molar-refractivity contribution < 1.29 is 14.3 Å². The Morgan fingerprint density at radius 2 is 2.05 bits per heavy atom. The average molecular weight is 317 g/mol. The van der Waals surface area contributed by atoms with Gasteiger partial charge in [-0.2, -0.15) is 0 Å². The SMILES string of the molecule is COC1CCCC(OCC(=O)c2ccc(Cl)cc2Cl)C1. The summed E-state index contributed by atoms with van der Waals surface area (Å²) in [5.41, 5.74) is 0.454. The zero-order chi connectivity index (χ0) is 14.5. The summed E-state index contributed by atoms with van der Waals surface area (Å²) in [5, 5.41) is 0.882. The number of carbonyl (C=O) groups is 1. The monoisotopic (exact) mass is 316 g/mol. The molecule has 0 spiro atoms. The lowest BCUT2D eigenvalue weighted by Crippen LogP contribution is -2.29. The van der Waals surface area contributed by atoms with Gasteiger partial charge in [0, 0.05) is 17.7 Å². The number of hydrogen-bond donors (Lipinski definition) is 0. The van der Waals surface area contributed by atoms with E-state index in [1.807, 2.05) is 0 Å². The minimum atomic E-state index is -0.119. The van der Waals surface area contributed by atoms with E-state index in [0.717, 1.165) is 25.7 Å². The van der Waals surface area contributed by atoms with E-state index in [-0.39, 0.29) is 24.6 Å². The van der Waals surface area contributed by atoms with Gasteiger partial charge in [-0.05, 0) is 43.9 Å². The first-order valence-corrected chi connectivity index (χ1v) is 7.48. The van der Waals surface area contributed by atoms with E-state index in [1.165, 1.54) is 0 Å². The maximum Gasteiger partial charge on any atom is 0.189 e. The van der Waals surface area contributed by atoms with Crippen molar-refractivity contribution in [2.45, 2.75) is 37.9 Å². The largest absolute Gasteiger partial charge is 0.381 e. The third kappa shape index (κ3) is 4.19. The van der Waals surface area contributed by atoms with Crippen LogP contribution in [0.4, 0.5) is 0 Å². The molecule has 1 saturated carbocycles. The molecule has 2 atom stereocenters. The number of hydrogen-bond acceptors (Lipinski definition) is 3. The minimum Gasteiger partial charge on any atom is -0.381 e. The first-order chi connectivity index (χ1) is 9.60. The van der Waals surface area contributed by atoms with Gasteiger partial charge >= 0.3 is 0 Å². The highest BCUT2D eigenvalue weighted by Gasteiger charge is 2.23. The van der Waals surface area contributed by atoms with E-state index < -0.39 is 0 Å². The van der Waals surface area contributed by atoms with Crippen LogP contribution >= 0.6 is 23.2 Å². The Kier molecular flexibility index (Phi) is 5.85. The van der Waals surface area contributed by atoms with E-state index in [1.54, 1.807) is 25.3 Å². The molecular formula is C15H18Cl2O3. The lowest BCUT2D eigenvalue weighted by atomic mass is 9.95. The molecule has 2 rings (SSSR count). The summed E-state index contributed by atoms with van der Waals surface area (Å²) in [7, 11) is 1.71. The third-order valence-corrected chi connectivity index (χ3v) is 4.14. The Morgan fingerprint density at radius 3 is 2.75 bits per heavy atom. The summed E-state index contributed by atoms with van der Waals surface area (Å²) in [6.07, 6.45) is 4.28. The fraction of sp³-hybridized carbons (Fsp3) is 0.533. The molecule has 0 bridgehead atoms. The maximum atomic E-state index is 12.1. The normalized spacial score (nSPS) is 22.8. The zero-order valence-corrected chi connectivity index (χ0v) is 12.9. The van der Waals surface area contributed by atoms with Crippen LogP contribution in [0.5, 0.6) is 0 Å². The van der Waals surface area contributed by atoms with Crippen molar-refractivity contribution in [3.05, 3.63) is 33.8 Å². The Labute approximate surface area is 129 Å². The molecule has 1 aromatic carbocycles. The van der Waals surface area contributed by atoms with E-state index in [4.69, 9.17) is 32.7 Å². The average Bonchev–Trinajstić information content (AvgIpc) is 2.45. The molecule has 0 radical (unpaired) electrons. The lowest BCUT2D eigenvalue weighted by Gasteiger charge is -2.28. The van der Waals surface area contributed by atoms with Crippen LogP contribution < -0.4 is 0 Å². The molecule has 1 aliphatic rings. The molecule has 1 fully saturated rings. The highest BCUT2D eigenvalue weighted by Crippen LogP contribution is 2.24. The molecule has 20 heavy (non-hydrogen) atoms. The van der Waals surface area contributed by atoms with Crippen molar-refractivity contribution >= 4 is 29.0 Å². The second kappa shape index (κ2) is 7.41. The zero-order valence-electron chi connectivity index (χ0n) is 11.4. The summed E-state index contributed by atoms with van der Waals surface area (Å²) >= 11 is 11.8. The number of Topliss-reactive ketones (excluding diaryl/α,β-unsaturated/α-hetero) is 1. The van der Waals surface area contributed by atoms with Gasteiger partial charge in [-0.3, -0.25) is 4.79 Å². The number of ether oxygens (including phenoxy) is 2. The van der Waals surface area contributed by atoms with Crippen LogP contribution in [0.1, 0.15) is 36.0 Å². The first-order valence-electron chi connectivity index (χ1n) is 6.72. The molecule has 0 saturated heterocycles. The fourth-order valence-electron chi connectivity index (χ4n) is 2.45. The third-order valence-electron chi connectivity index (χ3n) is 3.59. The van der Waals surface area contributed by atoms with Crippen molar-refractivity contribution in [3.63, 3.8) is 0 Å². The summed E-state index contributed by atoms with van der Waals surface area (Å²) in [5.74, 6) is -0.119. The standard InChI is InChI=1S/C15H18Cl2O3/c1-19-11-3-2-4-12(8-11)20-9-15(18)13-6-5-10(16)7-14(13)17/h5-7,11-12H,2-4,8-9H2,1H3. The van der Waals surface area contributed by atoms with Crippen LogP contribution in [-0.2, 0) is 9.47 Å². The molecule has 5 heteroatoms. The van der Waals surface area contributed by atoms with Crippen molar-refractivity contribution in [2.24, 2.45) is 0 Å². The molecule has 0 heterocycles. The van der Waals surface area contributed by atoms with Gasteiger partial charge in [-0.1, -0.05) is 23.2 Å². The summed E-state index contributed by atoms with van der Waals surface area (Å²) < 4.78 is 11.0. The molecule has 0 aliphatic heterocycles. The van der Waals surface area contributed by atoms with Gasteiger partial charge in [-0.15, -0.1) is 0 Å². The molecule has 1 aliphatic carbocycles. The van der Waals surface area contributed by atoms with Gasteiger partial charge in [0.1, 0.15) is 6.61 Å². The first kappa shape index (κ1) is 15.8. The van der Waals surface area contributed by atoms with Crippen molar-refractivity contribution in [1.29, 1.82) is 0 Å². The van der Waals surface area contributed by atoms with E-state index in [9.17, 15) is 4.79 Å². The Bertz CT molecular complexity index is 476. The van der Waals surface area contributed by atoms with Gasteiger partial charge in [0.25, 0.3) is 0 Å². The number of carbonyl (C=O) groups excluding carboxylic acids is 1. The topological polar surface area (TPSA) is 35.5 Å². The fourth-order valence-corrected chi connectivity index (χ4v) is 2.97. The number of halogens is 2. The molecule has 110 valence electrons. The van der Waals surface area contributed by atoms with E-state index in [0.29, 0.717) is 15.6 Å². The molecule has 3 nitrogen and oxygen atoms in total. The van der Waals surface area contributed by atoms with Crippen LogP contribution in [0.15, 0.2) is 18.2 Å². The highest BCUT2D eigenvalue weighted by atomic mass is 35.5. The minimum absolute atomic E-state index is 0.0441. The summed E-state index contributed by atoms with van der Waals surface area (Å²) in [6, 6.07) is 4.86. The van der Waals surface area contributed by atoms with Gasteiger partial charge < -0.3 is 9.47 Å². The van der Waals surface area contributed by atoms with Crippen LogP contribution in [0.2, 0.25) is 10.0 Å².